The van der Waals surface area contributed by atoms with E-state index in [0.29, 0.717) is 27.8 Å². The Hall–Kier alpha value is -0.770. The molecule has 0 atom stereocenters. The minimum absolute atomic E-state index is 0.336. The lowest BCUT2D eigenvalue weighted by molar-refractivity contribution is 0.112. The molecule has 0 aromatic heterocycles. The summed E-state index contributed by atoms with van der Waals surface area (Å²) in [7, 11) is 0. The third-order valence-corrected chi connectivity index (χ3v) is 6.80. The van der Waals surface area contributed by atoms with Crippen molar-refractivity contribution in [3.8, 4) is 0 Å². The standard InChI is InChI=1S/C15H9F2I2NO/c16-12-10-5-20(9-3-1-8(7-21)2-4-9)6-11(10)14(18)15(19)13(12)17/h1-4,7H,5-6H2. The van der Waals surface area contributed by atoms with Gasteiger partial charge in [0.2, 0.25) is 0 Å². The number of anilines is 1. The van der Waals surface area contributed by atoms with Crippen LogP contribution in [-0.2, 0) is 13.1 Å². The van der Waals surface area contributed by atoms with Gasteiger partial charge in [-0.3, -0.25) is 4.79 Å². The van der Waals surface area contributed by atoms with Crippen LogP contribution in [0.4, 0.5) is 14.5 Å². The maximum atomic E-state index is 14.1. The van der Waals surface area contributed by atoms with Crippen LogP contribution < -0.4 is 4.90 Å². The summed E-state index contributed by atoms with van der Waals surface area (Å²) in [6, 6.07) is 7.08. The van der Waals surface area contributed by atoms with Crippen LogP contribution in [0.2, 0.25) is 0 Å². The van der Waals surface area contributed by atoms with Gasteiger partial charge in [0.05, 0.1) is 3.57 Å². The highest BCUT2D eigenvalue weighted by Gasteiger charge is 2.29. The molecule has 0 fully saturated rings. The number of halogens is 4. The van der Waals surface area contributed by atoms with E-state index < -0.39 is 11.6 Å². The van der Waals surface area contributed by atoms with E-state index in [9.17, 15) is 13.6 Å². The van der Waals surface area contributed by atoms with Gasteiger partial charge < -0.3 is 4.90 Å². The van der Waals surface area contributed by atoms with Crippen molar-refractivity contribution in [1.82, 2.24) is 0 Å². The zero-order chi connectivity index (χ0) is 15.1. The number of carbonyl (C=O) groups excluding carboxylic acids is 1. The Morgan fingerprint density at radius 2 is 1.57 bits per heavy atom. The molecule has 2 nitrogen and oxygen atoms in total. The zero-order valence-electron chi connectivity index (χ0n) is 10.7. The second kappa shape index (κ2) is 5.79. The third kappa shape index (κ3) is 2.56. The molecular formula is C15H9F2I2NO. The van der Waals surface area contributed by atoms with Crippen molar-refractivity contribution in [2.75, 3.05) is 4.90 Å². The Bertz CT molecular complexity index is 695. The van der Waals surface area contributed by atoms with Crippen molar-refractivity contribution in [1.29, 1.82) is 0 Å². The fraction of sp³-hybridized carbons (Fsp3) is 0.133. The lowest BCUT2D eigenvalue weighted by Crippen LogP contribution is -2.14. The van der Waals surface area contributed by atoms with E-state index in [2.05, 4.69) is 22.6 Å². The summed E-state index contributed by atoms with van der Waals surface area (Å²) in [5.74, 6) is -1.52. The molecule has 0 unspecified atom stereocenters. The first-order valence-corrected chi connectivity index (χ1v) is 8.32. The molecule has 6 heteroatoms. The number of fused-ring (bicyclic) bond motifs is 1. The monoisotopic (exact) mass is 511 g/mol. The van der Waals surface area contributed by atoms with Gasteiger partial charge >= 0.3 is 0 Å². The van der Waals surface area contributed by atoms with Crippen LogP contribution in [0.3, 0.4) is 0 Å². The van der Waals surface area contributed by atoms with Crippen LogP contribution in [0.15, 0.2) is 24.3 Å². The van der Waals surface area contributed by atoms with Gasteiger partial charge in [0.15, 0.2) is 11.6 Å². The van der Waals surface area contributed by atoms with E-state index in [4.69, 9.17) is 0 Å². The van der Waals surface area contributed by atoms with E-state index in [-0.39, 0.29) is 0 Å². The molecular weight excluding hydrogens is 502 g/mol. The molecule has 0 bridgehead atoms. The molecule has 1 aliphatic heterocycles. The van der Waals surface area contributed by atoms with E-state index in [0.717, 1.165) is 21.1 Å². The summed E-state index contributed by atoms with van der Waals surface area (Å²) in [5.41, 5.74) is 2.76. The lowest BCUT2D eigenvalue weighted by atomic mass is 10.1. The molecule has 0 aliphatic carbocycles. The van der Waals surface area contributed by atoms with E-state index in [1.807, 2.05) is 39.6 Å². The summed E-state index contributed by atoms with van der Waals surface area (Å²) in [5, 5.41) is 0. The summed E-state index contributed by atoms with van der Waals surface area (Å²) >= 11 is 3.91. The average Bonchev–Trinajstić information content (AvgIpc) is 2.96. The molecule has 21 heavy (non-hydrogen) atoms. The fourth-order valence-electron chi connectivity index (χ4n) is 2.44. The predicted molar refractivity (Wildman–Crippen MR) is 93.5 cm³/mol. The van der Waals surface area contributed by atoms with E-state index >= 15 is 0 Å². The van der Waals surface area contributed by atoms with Crippen molar-refractivity contribution < 1.29 is 13.6 Å². The van der Waals surface area contributed by atoms with Gasteiger partial charge in [-0.1, -0.05) is 0 Å². The molecule has 1 aliphatic rings. The maximum absolute atomic E-state index is 14.1. The molecule has 2 aromatic carbocycles. The number of benzene rings is 2. The first kappa shape index (κ1) is 15.1. The Morgan fingerprint density at radius 3 is 2.19 bits per heavy atom. The zero-order valence-corrected chi connectivity index (χ0v) is 15.0. The highest BCUT2D eigenvalue weighted by molar-refractivity contribution is 14.1. The number of carbonyl (C=O) groups is 1. The molecule has 108 valence electrons. The Balaban J connectivity index is 1.99. The van der Waals surface area contributed by atoms with Gasteiger partial charge in [-0.15, -0.1) is 0 Å². The fourth-order valence-corrected chi connectivity index (χ4v) is 3.73. The topological polar surface area (TPSA) is 20.3 Å². The smallest absolute Gasteiger partial charge is 0.173 e. The molecule has 1 heterocycles. The SMILES string of the molecule is O=Cc1ccc(N2Cc3c(F)c(F)c(I)c(I)c3C2)cc1. The number of hydrogen-bond donors (Lipinski definition) is 0. The highest BCUT2D eigenvalue weighted by atomic mass is 127. The molecule has 0 amide bonds. The molecule has 0 N–H and O–H groups in total. The summed E-state index contributed by atoms with van der Waals surface area (Å²) < 4.78 is 29.0. The Morgan fingerprint density at radius 1 is 0.952 bits per heavy atom. The summed E-state index contributed by atoms with van der Waals surface area (Å²) in [6.07, 6.45) is 0.781. The maximum Gasteiger partial charge on any atom is 0.173 e. The Labute approximate surface area is 147 Å². The Kier molecular flexibility index (Phi) is 4.17. The van der Waals surface area contributed by atoms with Gasteiger partial charge in [0.1, 0.15) is 6.29 Å². The first-order valence-electron chi connectivity index (χ1n) is 6.16. The minimum atomic E-state index is -0.767. The van der Waals surface area contributed by atoms with Crippen molar-refractivity contribution in [3.63, 3.8) is 0 Å². The number of rotatable bonds is 2. The number of hydrogen-bond acceptors (Lipinski definition) is 2. The predicted octanol–water partition coefficient (Wildman–Crippen LogP) is 4.51. The largest absolute Gasteiger partial charge is 0.363 e. The van der Waals surface area contributed by atoms with Crippen LogP contribution in [-0.4, -0.2) is 6.29 Å². The number of nitrogens with zero attached hydrogens (tertiary/aromatic N) is 1. The van der Waals surface area contributed by atoms with E-state index in [1.54, 1.807) is 12.1 Å². The molecule has 0 saturated carbocycles. The van der Waals surface area contributed by atoms with Gasteiger partial charge in [0, 0.05) is 33.5 Å². The van der Waals surface area contributed by atoms with Crippen molar-refractivity contribution in [2.45, 2.75) is 13.1 Å². The van der Waals surface area contributed by atoms with Gasteiger partial charge in [-0.2, -0.15) is 0 Å². The van der Waals surface area contributed by atoms with Crippen molar-refractivity contribution in [2.24, 2.45) is 0 Å². The van der Waals surface area contributed by atoms with Crippen LogP contribution in [0.25, 0.3) is 0 Å². The molecule has 3 rings (SSSR count). The van der Waals surface area contributed by atoms with E-state index in [1.165, 1.54) is 0 Å². The second-order valence-corrected chi connectivity index (χ2v) is 6.94. The quantitative estimate of drug-likeness (QED) is 0.256. The van der Waals surface area contributed by atoms with Gasteiger partial charge in [-0.25, -0.2) is 8.78 Å². The van der Waals surface area contributed by atoms with Crippen LogP contribution in [0, 0.1) is 18.8 Å². The molecule has 0 radical (unpaired) electrons. The molecule has 0 spiro atoms. The summed E-state index contributed by atoms with van der Waals surface area (Å²) in [4.78, 5) is 12.6. The van der Waals surface area contributed by atoms with Crippen LogP contribution in [0.1, 0.15) is 21.5 Å². The van der Waals surface area contributed by atoms with Gasteiger partial charge in [-0.05, 0) is 75.0 Å². The number of aldehydes is 1. The van der Waals surface area contributed by atoms with Crippen LogP contribution >= 0.6 is 45.2 Å². The lowest BCUT2D eigenvalue weighted by Gasteiger charge is -2.17. The van der Waals surface area contributed by atoms with Crippen molar-refractivity contribution >= 4 is 57.2 Å². The molecule has 0 saturated heterocycles. The van der Waals surface area contributed by atoms with Gasteiger partial charge in [0.25, 0.3) is 0 Å². The minimum Gasteiger partial charge on any atom is -0.363 e. The second-order valence-electron chi connectivity index (χ2n) is 4.78. The van der Waals surface area contributed by atoms with Crippen LogP contribution in [0.5, 0.6) is 0 Å². The average molecular weight is 511 g/mol. The summed E-state index contributed by atoms with van der Waals surface area (Å²) in [6.45, 7) is 0.882. The molecule has 2 aromatic rings. The first-order chi connectivity index (χ1) is 10.0. The normalized spacial score (nSPS) is 13.4. The third-order valence-electron chi connectivity index (χ3n) is 3.56. The van der Waals surface area contributed by atoms with Crippen molar-refractivity contribution in [3.05, 3.63) is 59.7 Å². The highest BCUT2D eigenvalue weighted by Crippen LogP contribution is 2.36.